The van der Waals surface area contributed by atoms with E-state index in [1.54, 1.807) is 12.3 Å². The van der Waals surface area contributed by atoms with E-state index < -0.39 is 15.9 Å². The molecule has 1 amide bonds. The van der Waals surface area contributed by atoms with Crippen molar-refractivity contribution < 1.29 is 13.2 Å². The van der Waals surface area contributed by atoms with Crippen LogP contribution in [0, 0.1) is 0 Å². The second-order valence-corrected chi connectivity index (χ2v) is 11.3. The first kappa shape index (κ1) is 25.3. The van der Waals surface area contributed by atoms with Crippen LogP contribution in [-0.2, 0) is 16.6 Å². The Hall–Kier alpha value is -1.81. The molecule has 1 N–H and O–H groups in total. The molecule has 1 saturated heterocycles. The number of piperidine rings is 1. The van der Waals surface area contributed by atoms with Gasteiger partial charge in [0.15, 0.2) is 5.82 Å². The summed E-state index contributed by atoms with van der Waals surface area (Å²) in [7, 11) is -3.88. The Bertz CT molecular complexity index is 1340. The average molecular weight is 562 g/mol. The third kappa shape index (κ3) is 5.37. The number of benzene rings is 2. The van der Waals surface area contributed by atoms with Crippen molar-refractivity contribution in [1.29, 1.82) is 0 Å². The number of carbonyl (C=O) groups excluding carboxylic acids is 1. The van der Waals surface area contributed by atoms with E-state index in [9.17, 15) is 13.2 Å². The minimum absolute atomic E-state index is 0.00622. The number of nitrogens with zero attached hydrogens (tertiary/aromatic N) is 3. The van der Waals surface area contributed by atoms with Crippen LogP contribution in [0.15, 0.2) is 47.5 Å². The average Bonchev–Trinajstić information content (AvgIpc) is 3.14. The molecule has 3 aromatic rings. The molecular weight excluding hydrogens is 542 g/mol. The molecule has 0 aliphatic carbocycles. The molecule has 0 radical (unpaired) electrons. The molecule has 1 aromatic heterocycles. The lowest BCUT2D eigenvalue weighted by molar-refractivity contribution is 0.102. The van der Waals surface area contributed by atoms with Gasteiger partial charge in [0, 0.05) is 24.3 Å². The summed E-state index contributed by atoms with van der Waals surface area (Å²) in [6.45, 7) is 1.15. The van der Waals surface area contributed by atoms with Crippen LogP contribution < -0.4 is 5.32 Å². The van der Waals surface area contributed by atoms with Gasteiger partial charge >= 0.3 is 0 Å². The summed E-state index contributed by atoms with van der Waals surface area (Å²) in [5, 5.41) is 7.63. The van der Waals surface area contributed by atoms with Gasteiger partial charge in [0.05, 0.1) is 22.2 Å². The number of hydrogen-bond acceptors (Lipinski definition) is 4. The summed E-state index contributed by atoms with van der Waals surface area (Å²) in [5.74, 6) is -0.563. The maximum Gasteiger partial charge on any atom is 0.258 e. The molecule has 7 nitrogen and oxygen atoms in total. The van der Waals surface area contributed by atoms with E-state index in [1.807, 2.05) is 18.2 Å². The van der Waals surface area contributed by atoms with Crippen LogP contribution in [0.5, 0.6) is 0 Å². The van der Waals surface area contributed by atoms with Crippen LogP contribution in [0.2, 0.25) is 20.1 Å². The highest BCUT2D eigenvalue weighted by Gasteiger charge is 2.30. The fourth-order valence-electron chi connectivity index (χ4n) is 3.68. The number of sulfonamides is 1. The van der Waals surface area contributed by atoms with E-state index in [-0.39, 0.29) is 31.3 Å². The molecule has 0 atom stereocenters. The van der Waals surface area contributed by atoms with Crippen molar-refractivity contribution in [2.75, 3.05) is 18.4 Å². The van der Waals surface area contributed by atoms with Gasteiger partial charge in [-0.25, -0.2) is 8.42 Å². The summed E-state index contributed by atoms with van der Waals surface area (Å²) in [5.41, 5.74) is 0.771. The molecule has 34 heavy (non-hydrogen) atoms. The highest BCUT2D eigenvalue weighted by Crippen LogP contribution is 2.32. The number of halogens is 4. The molecule has 0 spiro atoms. The van der Waals surface area contributed by atoms with E-state index in [1.165, 1.54) is 21.1 Å². The first-order valence-corrected chi connectivity index (χ1v) is 13.4. The monoisotopic (exact) mass is 560 g/mol. The van der Waals surface area contributed by atoms with Crippen LogP contribution in [-0.4, -0.2) is 41.5 Å². The Balaban J connectivity index is 1.58. The molecule has 12 heteroatoms. The summed E-state index contributed by atoms with van der Waals surface area (Å²) in [4.78, 5) is 12.8. The van der Waals surface area contributed by atoms with Gasteiger partial charge in [-0.2, -0.15) is 9.40 Å². The van der Waals surface area contributed by atoms with Crippen LogP contribution in [0.25, 0.3) is 0 Å². The molecular formula is C22H20Cl4N4O3S. The Kier molecular flexibility index (Phi) is 7.76. The molecule has 4 rings (SSSR count). The van der Waals surface area contributed by atoms with Crippen LogP contribution in [0.1, 0.15) is 35.2 Å². The zero-order chi connectivity index (χ0) is 24.5. The van der Waals surface area contributed by atoms with Gasteiger partial charge in [-0.15, -0.1) is 0 Å². The molecule has 1 aliphatic heterocycles. The van der Waals surface area contributed by atoms with Crippen molar-refractivity contribution in [3.8, 4) is 0 Å². The van der Waals surface area contributed by atoms with Gasteiger partial charge in [0.25, 0.3) is 5.91 Å². The van der Waals surface area contributed by atoms with Crippen molar-refractivity contribution >= 4 is 68.2 Å². The van der Waals surface area contributed by atoms with E-state index in [0.29, 0.717) is 24.7 Å². The van der Waals surface area contributed by atoms with Crippen molar-refractivity contribution in [1.82, 2.24) is 14.1 Å². The minimum atomic E-state index is -3.88. The number of hydrogen-bond donors (Lipinski definition) is 1. The zero-order valence-electron chi connectivity index (χ0n) is 17.8. The van der Waals surface area contributed by atoms with Crippen molar-refractivity contribution in [2.24, 2.45) is 0 Å². The van der Waals surface area contributed by atoms with Gasteiger partial charge in [-0.1, -0.05) is 71.0 Å². The Morgan fingerprint density at radius 3 is 2.35 bits per heavy atom. The molecule has 180 valence electrons. The fourth-order valence-corrected chi connectivity index (χ4v) is 6.43. The first-order valence-electron chi connectivity index (χ1n) is 10.4. The Morgan fingerprint density at radius 2 is 1.65 bits per heavy atom. The standard InChI is InChI=1S/C22H20Cl4N4O3S/c23-16-7-3-2-6-14(16)12-29-13-19(26)21(28-29)27-22(31)15-10-20(18(25)11-17(15)24)34(32,33)30-8-4-1-5-9-30/h2-3,6-7,10-11,13H,1,4-5,8-9,12H2,(H,27,28,31). The SMILES string of the molecule is O=C(Nc1nn(Cc2ccccc2Cl)cc1Cl)c1cc(S(=O)(=O)N2CCCCC2)c(Cl)cc1Cl. The van der Waals surface area contributed by atoms with Crippen LogP contribution in [0.3, 0.4) is 0 Å². The van der Waals surface area contributed by atoms with Crippen LogP contribution >= 0.6 is 46.4 Å². The predicted octanol–water partition coefficient (Wildman–Crippen LogP) is 5.97. The maximum absolute atomic E-state index is 13.1. The second-order valence-electron chi connectivity index (χ2n) is 7.80. The Labute approximate surface area is 217 Å². The molecule has 0 unspecified atom stereocenters. The van der Waals surface area contributed by atoms with Gasteiger partial charge in [0.2, 0.25) is 10.0 Å². The first-order chi connectivity index (χ1) is 16.2. The lowest BCUT2D eigenvalue weighted by atomic mass is 10.2. The van der Waals surface area contributed by atoms with Gasteiger partial charge in [-0.3, -0.25) is 9.48 Å². The Morgan fingerprint density at radius 1 is 0.941 bits per heavy atom. The second kappa shape index (κ2) is 10.4. The normalized spacial score (nSPS) is 14.8. The third-order valence-corrected chi connectivity index (χ3v) is 8.76. The lowest BCUT2D eigenvalue weighted by Gasteiger charge is -2.26. The van der Waals surface area contributed by atoms with Crippen LogP contribution in [0.4, 0.5) is 5.82 Å². The van der Waals surface area contributed by atoms with E-state index in [4.69, 9.17) is 46.4 Å². The fraction of sp³-hybridized carbons (Fsp3) is 0.273. The molecule has 0 bridgehead atoms. The van der Waals surface area contributed by atoms with Crippen molar-refractivity contribution in [3.05, 3.63) is 73.8 Å². The highest BCUT2D eigenvalue weighted by molar-refractivity contribution is 7.89. The number of carbonyl (C=O) groups is 1. The van der Waals surface area contributed by atoms with E-state index in [0.717, 1.165) is 24.8 Å². The molecule has 2 heterocycles. The summed E-state index contributed by atoms with van der Waals surface area (Å²) in [6, 6.07) is 9.75. The number of nitrogens with one attached hydrogen (secondary N) is 1. The largest absolute Gasteiger partial charge is 0.304 e. The van der Waals surface area contributed by atoms with Gasteiger partial charge in [-0.05, 0) is 36.6 Å². The maximum atomic E-state index is 13.1. The molecule has 0 saturated carbocycles. The van der Waals surface area contributed by atoms with Gasteiger partial charge < -0.3 is 5.32 Å². The summed E-state index contributed by atoms with van der Waals surface area (Å²) < 4.78 is 29.2. The summed E-state index contributed by atoms with van der Waals surface area (Å²) >= 11 is 24.9. The lowest BCUT2D eigenvalue weighted by Crippen LogP contribution is -2.35. The zero-order valence-corrected chi connectivity index (χ0v) is 21.6. The van der Waals surface area contributed by atoms with Crippen molar-refractivity contribution in [2.45, 2.75) is 30.7 Å². The highest BCUT2D eigenvalue weighted by atomic mass is 35.5. The number of rotatable bonds is 6. The smallest absolute Gasteiger partial charge is 0.258 e. The number of aromatic nitrogens is 2. The van der Waals surface area contributed by atoms with Gasteiger partial charge in [0.1, 0.15) is 9.92 Å². The predicted molar refractivity (Wildman–Crippen MR) is 135 cm³/mol. The number of anilines is 1. The van der Waals surface area contributed by atoms with E-state index in [2.05, 4.69) is 10.4 Å². The third-order valence-electron chi connectivity index (χ3n) is 5.44. The van der Waals surface area contributed by atoms with E-state index >= 15 is 0 Å². The molecule has 1 fully saturated rings. The van der Waals surface area contributed by atoms with Crippen molar-refractivity contribution in [3.63, 3.8) is 0 Å². The number of amides is 1. The summed E-state index contributed by atoms with van der Waals surface area (Å²) in [6.07, 6.45) is 4.06. The topological polar surface area (TPSA) is 84.3 Å². The quantitative estimate of drug-likeness (QED) is 0.401. The molecule has 1 aliphatic rings. The molecule has 2 aromatic carbocycles. The minimum Gasteiger partial charge on any atom is -0.304 e.